The summed E-state index contributed by atoms with van der Waals surface area (Å²) in [5.74, 6) is 0. The van der Waals surface area contributed by atoms with E-state index in [0.29, 0.717) is 12.0 Å². The van der Waals surface area contributed by atoms with Gasteiger partial charge in [0.25, 0.3) is 0 Å². The van der Waals surface area contributed by atoms with E-state index < -0.39 is 7.12 Å². The van der Waals surface area contributed by atoms with E-state index in [2.05, 4.69) is 5.10 Å². The fourth-order valence-electron chi connectivity index (χ4n) is 2.18. The number of aromatic nitrogens is 2. The van der Waals surface area contributed by atoms with Crippen LogP contribution < -0.4 is 5.46 Å². The van der Waals surface area contributed by atoms with E-state index in [9.17, 15) is 10.0 Å². The molecule has 0 aliphatic heterocycles. The number of rotatable bonds is 3. The molecule has 5 heteroatoms. The van der Waals surface area contributed by atoms with Crippen molar-refractivity contribution < 1.29 is 10.0 Å². The minimum absolute atomic E-state index is 0.494. The molecule has 0 saturated heterocycles. The number of hydrogen-bond acceptors (Lipinski definition) is 3. The first-order chi connectivity index (χ1) is 9.24. The number of fused-ring (bicyclic) bond motifs is 1. The van der Waals surface area contributed by atoms with Crippen LogP contribution in [0.25, 0.3) is 10.9 Å². The highest BCUT2D eigenvalue weighted by atomic mass is 16.4. The second kappa shape index (κ2) is 4.88. The second-order valence-electron chi connectivity index (χ2n) is 4.48. The van der Waals surface area contributed by atoms with Gasteiger partial charge in [-0.25, -0.2) is 0 Å². The second-order valence-corrected chi connectivity index (χ2v) is 4.48. The Morgan fingerprint density at radius 2 is 1.89 bits per heavy atom. The van der Waals surface area contributed by atoms with Gasteiger partial charge in [-0.1, -0.05) is 42.5 Å². The highest BCUT2D eigenvalue weighted by Gasteiger charge is 2.11. The third kappa shape index (κ3) is 2.38. The molecule has 2 aromatic carbocycles. The lowest BCUT2D eigenvalue weighted by atomic mass is 9.80. The molecule has 0 spiro atoms. The normalized spacial score (nSPS) is 10.8. The average molecular weight is 252 g/mol. The molecule has 2 N–H and O–H groups in total. The van der Waals surface area contributed by atoms with Crippen LogP contribution in [0.15, 0.2) is 54.7 Å². The lowest BCUT2D eigenvalue weighted by Crippen LogP contribution is -2.30. The summed E-state index contributed by atoms with van der Waals surface area (Å²) in [6.07, 6.45) is 1.83. The first kappa shape index (κ1) is 12.0. The van der Waals surface area contributed by atoms with Gasteiger partial charge in [-0.05, 0) is 17.1 Å². The molecule has 0 radical (unpaired) electrons. The summed E-state index contributed by atoms with van der Waals surface area (Å²) in [5, 5.41) is 23.8. The predicted molar refractivity (Wildman–Crippen MR) is 75.1 cm³/mol. The van der Waals surface area contributed by atoms with Gasteiger partial charge in [-0.3, -0.25) is 4.68 Å². The summed E-state index contributed by atoms with van der Waals surface area (Å²) in [5.41, 5.74) is 2.55. The standard InChI is InChI=1S/C14H13BN2O2/c18-15(19)13-6-3-4-11(8-13)10-17-14-7-2-1-5-12(14)9-16-17/h1-9,18-19H,10H2. The van der Waals surface area contributed by atoms with Crippen LogP contribution in [0.2, 0.25) is 0 Å². The molecule has 3 rings (SSSR count). The molecule has 0 amide bonds. The number of benzene rings is 2. The van der Waals surface area contributed by atoms with E-state index in [1.807, 2.05) is 47.3 Å². The highest BCUT2D eigenvalue weighted by Crippen LogP contribution is 2.14. The molecule has 1 heterocycles. The van der Waals surface area contributed by atoms with Crippen LogP contribution in [0.3, 0.4) is 0 Å². The maximum atomic E-state index is 9.18. The van der Waals surface area contributed by atoms with Gasteiger partial charge in [-0.15, -0.1) is 0 Å². The van der Waals surface area contributed by atoms with Gasteiger partial charge < -0.3 is 10.0 Å². The third-order valence-corrected chi connectivity index (χ3v) is 3.13. The van der Waals surface area contributed by atoms with Crippen molar-refractivity contribution in [1.82, 2.24) is 9.78 Å². The van der Waals surface area contributed by atoms with Crippen LogP contribution in [0, 0.1) is 0 Å². The van der Waals surface area contributed by atoms with Gasteiger partial charge >= 0.3 is 7.12 Å². The summed E-state index contributed by atoms with van der Waals surface area (Å²) in [6, 6.07) is 15.2. The Bertz CT molecular complexity index is 709. The lowest BCUT2D eigenvalue weighted by Gasteiger charge is -2.06. The maximum absolute atomic E-state index is 9.18. The van der Waals surface area contributed by atoms with E-state index in [0.717, 1.165) is 16.5 Å². The zero-order valence-corrected chi connectivity index (χ0v) is 10.3. The third-order valence-electron chi connectivity index (χ3n) is 3.13. The van der Waals surface area contributed by atoms with Gasteiger partial charge in [0.05, 0.1) is 18.3 Å². The minimum Gasteiger partial charge on any atom is -0.423 e. The molecule has 1 aromatic heterocycles. The van der Waals surface area contributed by atoms with Gasteiger partial charge in [0, 0.05) is 5.39 Å². The zero-order valence-electron chi connectivity index (χ0n) is 10.3. The molecule has 4 nitrogen and oxygen atoms in total. The smallest absolute Gasteiger partial charge is 0.423 e. The van der Waals surface area contributed by atoms with Crippen LogP contribution in [-0.4, -0.2) is 26.9 Å². The van der Waals surface area contributed by atoms with Crippen molar-refractivity contribution >= 4 is 23.5 Å². The Morgan fingerprint density at radius 1 is 1.05 bits per heavy atom. The molecule has 0 fully saturated rings. The largest absolute Gasteiger partial charge is 0.488 e. The predicted octanol–water partition coefficient (Wildman–Crippen LogP) is 0.764. The first-order valence-corrected chi connectivity index (χ1v) is 6.09. The van der Waals surface area contributed by atoms with Crippen LogP contribution in [0.1, 0.15) is 5.56 Å². The van der Waals surface area contributed by atoms with Crippen molar-refractivity contribution in [2.45, 2.75) is 6.54 Å². The van der Waals surface area contributed by atoms with E-state index in [1.54, 1.807) is 12.1 Å². The van der Waals surface area contributed by atoms with Gasteiger partial charge in [0.1, 0.15) is 0 Å². The molecular formula is C14H13BN2O2. The Balaban J connectivity index is 1.95. The van der Waals surface area contributed by atoms with Crippen molar-refractivity contribution in [3.63, 3.8) is 0 Å². The SMILES string of the molecule is OB(O)c1cccc(Cn2ncc3ccccc32)c1. The molecule has 0 aliphatic carbocycles. The fourth-order valence-corrected chi connectivity index (χ4v) is 2.18. The van der Waals surface area contributed by atoms with Crippen LogP contribution >= 0.6 is 0 Å². The average Bonchev–Trinajstić information content (AvgIpc) is 2.83. The lowest BCUT2D eigenvalue weighted by molar-refractivity contribution is 0.425. The number of nitrogens with zero attached hydrogens (tertiary/aromatic N) is 2. The molecule has 0 unspecified atom stereocenters. The molecule has 94 valence electrons. The van der Waals surface area contributed by atoms with Crippen LogP contribution in [0.5, 0.6) is 0 Å². The number of hydrogen-bond donors (Lipinski definition) is 2. The van der Waals surface area contributed by atoms with Gasteiger partial charge in [0.15, 0.2) is 0 Å². The molecule has 3 aromatic rings. The zero-order chi connectivity index (χ0) is 13.2. The fraction of sp³-hybridized carbons (Fsp3) is 0.0714. The van der Waals surface area contributed by atoms with Crippen LogP contribution in [0.4, 0.5) is 0 Å². The Kier molecular flexibility index (Phi) is 3.07. The van der Waals surface area contributed by atoms with Gasteiger partial charge in [-0.2, -0.15) is 5.10 Å². The Labute approximate surface area is 111 Å². The van der Waals surface area contributed by atoms with Crippen molar-refractivity contribution in [2.75, 3.05) is 0 Å². The first-order valence-electron chi connectivity index (χ1n) is 6.09. The van der Waals surface area contributed by atoms with E-state index >= 15 is 0 Å². The van der Waals surface area contributed by atoms with Crippen molar-refractivity contribution in [2.24, 2.45) is 0 Å². The van der Waals surface area contributed by atoms with E-state index in [-0.39, 0.29) is 0 Å². The molecule has 0 saturated carbocycles. The van der Waals surface area contributed by atoms with E-state index in [1.165, 1.54) is 0 Å². The number of para-hydroxylation sites is 1. The molecular weight excluding hydrogens is 239 g/mol. The van der Waals surface area contributed by atoms with Gasteiger partial charge in [0.2, 0.25) is 0 Å². The van der Waals surface area contributed by atoms with Crippen molar-refractivity contribution in [1.29, 1.82) is 0 Å². The van der Waals surface area contributed by atoms with Crippen molar-refractivity contribution in [3.05, 3.63) is 60.3 Å². The monoisotopic (exact) mass is 252 g/mol. The summed E-state index contributed by atoms with van der Waals surface area (Å²) >= 11 is 0. The molecule has 0 aliphatic rings. The Hall–Kier alpha value is -2.11. The topological polar surface area (TPSA) is 58.3 Å². The summed E-state index contributed by atoms with van der Waals surface area (Å²) in [4.78, 5) is 0. The Morgan fingerprint density at radius 3 is 2.74 bits per heavy atom. The minimum atomic E-state index is -1.44. The molecule has 19 heavy (non-hydrogen) atoms. The summed E-state index contributed by atoms with van der Waals surface area (Å²) in [7, 11) is -1.44. The van der Waals surface area contributed by atoms with Crippen molar-refractivity contribution in [3.8, 4) is 0 Å². The van der Waals surface area contributed by atoms with E-state index in [4.69, 9.17) is 0 Å². The quantitative estimate of drug-likeness (QED) is 0.677. The summed E-state index contributed by atoms with van der Waals surface area (Å²) < 4.78 is 1.90. The molecule has 0 bridgehead atoms. The van der Waals surface area contributed by atoms with Crippen LogP contribution in [-0.2, 0) is 6.54 Å². The highest BCUT2D eigenvalue weighted by molar-refractivity contribution is 6.58. The molecule has 0 atom stereocenters. The summed E-state index contributed by atoms with van der Waals surface area (Å²) in [6.45, 7) is 0.605. The maximum Gasteiger partial charge on any atom is 0.488 e.